The minimum absolute atomic E-state index is 0.0486. The summed E-state index contributed by atoms with van der Waals surface area (Å²) in [4.78, 5) is 15.0. The zero-order chi connectivity index (χ0) is 16.4. The fourth-order valence-electron chi connectivity index (χ4n) is 2.46. The van der Waals surface area contributed by atoms with Crippen molar-refractivity contribution in [3.8, 4) is 0 Å². The molecule has 0 saturated carbocycles. The quantitative estimate of drug-likeness (QED) is 0.582. The number of benzene rings is 2. The van der Waals surface area contributed by atoms with E-state index in [-0.39, 0.29) is 5.91 Å². The standard InChI is InChI=1S/C19H17NOS2/c1-3-14-8-10-16(11-9-14)20-18(21)17(23-19(20)22)12-15-7-5-4-6-13(15)2/h4-12H,3H2,1-2H3. The molecule has 2 aromatic carbocycles. The van der Waals surface area contributed by atoms with E-state index >= 15 is 0 Å². The summed E-state index contributed by atoms with van der Waals surface area (Å²) >= 11 is 6.77. The SMILES string of the molecule is CCc1ccc(N2C(=O)C(=Cc3ccccc3C)SC2=S)cc1. The number of hydrogen-bond acceptors (Lipinski definition) is 3. The van der Waals surface area contributed by atoms with Gasteiger partial charge in [-0.3, -0.25) is 9.69 Å². The third kappa shape index (κ3) is 3.23. The van der Waals surface area contributed by atoms with Gasteiger partial charge in [0.2, 0.25) is 0 Å². The molecule has 3 rings (SSSR count). The molecule has 23 heavy (non-hydrogen) atoms. The lowest BCUT2D eigenvalue weighted by Crippen LogP contribution is -2.27. The van der Waals surface area contributed by atoms with Crippen LogP contribution in [0.2, 0.25) is 0 Å². The topological polar surface area (TPSA) is 20.3 Å². The summed E-state index contributed by atoms with van der Waals surface area (Å²) in [5.41, 5.74) is 4.27. The molecule has 116 valence electrons. The Hall–Kier alpha value is -1.91. The highest BCUT2D eigenvalue weighted by Gasteiger charge is 2.33. The van der Waals surface area contributed by atoms with Gasteiger partial charge in [-0.25, -0.2) is 0 Å². The van der Waals surface area contributed by atoms with Crippen LogP contribution in [0.15, 0.2) is 53.4 Å². The van der Waals surface area contributed by atoms with Crippen molar-refractivity contribution in [2.75, 3.05) is 4.90 Å². The molecule has 0 N–H and O–H groups in total. The highest BCUT2D eigenvalue weighted by molar-refractivity contribution is 8.27. The Labute approximate surface area is 146 Å². The van der Waals surface area contributed by atoms with Gasteiger partial charge >= 0.3 is 0 Å². The Morgan fingerprint density at radius 3 is 2.48 bits per heavy atom. The normalized spacial score (nSPS) is 16.4. The molecular weight excluding hydrogens is 322 g/mol. The van der Waals surface area contributed by atoms with Crippen LogP contribution in [0, 0.1) is 6.92 Å². The molecule has 1 heterocycles. The van der Waals surface area contributed by atoms with Gasteiger partial charge in [-0.05, 0) is 48.2 Å². The first-order chi connectivity index (χ1) is 11.1. The van der Waals surface area contributed by atoms with Gasteiger partial charge in [-0.2, -0.15) is 0 Å². The molecule has 2 nitrogen and oxygen atoms in total. The van der Waals surface area contributed by atoms with Crippen LogP contribution in [0.1, 0.15) is 23.6 Å². The van der Waals surface area contributed by atoms with E-state index in [2.05, 4.69) is 6.92 Å². The summed E-state index contributed by atoms with van der Waals surface area (Å²) in [7, 11) is 0. The second-order valence-corrected chi connectivity index (χ2v) is 7.07. The van der Waals surface area contributed by atoms with E-state index in [0.717, 1.165) is 23.2 Å². The maximum Gasteiger partial charge on any atom is 0.270 e. The molecule has 0 aliphatic carbocycles. The van der Waals surface area contributed by atoms with Gasteiger partial charge < -0.3 is 0 Å². The molecule has 1 aliphatic rings. The van der Waals surface area contributed by atoms with Crippen molar-refractivity contribution in [1.82, 2.24) is 0 Å². The highest BCUT2D eigenvalue weighted by atomic mass is 32.2. The lowest BCUT2D eigenvalue weighted by molar-refractivity contribution is -0.113. The van der Waals surface area contributed by atoms with Gasteiger partial charge in [0.05, 0.1) is 10.6 Å². The van der Waals surface area contributed by atoms with Crippen LogP contribution in [0.5, 0.6) is 0 Å². The Kier molecular flexibility index (Phi) is 4.64. The minimum atomic E-state index is -0.0486. The molecule has 0 unspecified atom stereocenters. The zero-order valence-corrected chi connectivity index (χ0v) is 14.7. The molecular formula is C19H17NOS2. The van der Waals surface area contributed by atoms with E-state index in [0.29, 0.717) is 9.23 Å². The van der Waals surface area contributed by atoms with Gasteiger partial charge in [-0.15, -0.1) is 0 Å². The van der Waals surface area contributed by atoms with Crippen LogP contribution in [0.25, 0.3) is 6.08 Å². The Morgan fingerprint density at radius 2 is 1.83 bits per heavy atom. The third-order valence-corrected chi connectivity index (χ3v) is 5.17. The van der Waals surface area contributed by atoms with Crippen LogP contribution in [-0.4, -0.2) is 10.2 Å². The number of thioether (sulfide) groups is 1. The monoisotopic (exact) mass is 339 g/mol. The van der Waals surface area contributed by atoms with E-state index in [1.165, 1.54) is 17.3 Å². The fourth-order valence-corrected chi connectivity index (χ4v) is 3.75. The number of amides is 1. The Balaban J connectivity index is 1.92. The summed E-state index contributed by atoms with van der Waals surface area (Å²) in [6.07, 6.45) is 2.90. The van der Waals surface area contributed by atoms with E-state index in [1.54, 1.807) is 4.90 Å². The second kappa shape index (κ2) is 6.69. The first-order valence-electron chi connectivity index (χ1n) is 7.52. The number of anilines is 1. The molecule has 0 atom stereocenters. The molecule has 1 amide bonds. The van der Waals surface area contributed by atoms with Crippen LogP contribution in [0.4, 0.5) is 5.69 Å². The summed E-state index contributed by atoms with van der Waals surface area (Å²) in [6, 6.07) is 16.0. The molecule has 0 bridgehead atoms. The van der Waals surface area contributed by atoms with Crippen molar-refractivity contribution < 1.29 is 4.79 Å². The molecule has 1 fully saturated rings. The minimum Gasteiger partial charge on any atom is -0.268 e. The van der Waals surface area contributed by atoms with E-state index < -0.39 is 0 Å². The lowest BCUT2D eigenvalue weighted by Gasteiger charge is -2.14. The third-order valence-electron chi connectivity index (χ3n) is 3.87. The maximum atomic E-state index is 12.7. The Morgan fingerprint density at radius 1 is 1.13 bits per heavy atom. The van der Waals surface area contributed by atoms with Gasteiger partial charge in [0.1, 0.15) is 0 Å². The Bertz CT molecular complexity index is 793. The molecule has 0 radical (unpaired) electrons. The number of carbonyl (C=O) groups is 1. The maximum absolute atomic E-state index is 12.7. The number of nitrogens with zero attached hydrogens (tertiary/aromatic N) is 1. The molecule has 0 aromatic heterocycles. The smallest absolute Gasteiger partial charge is 0.268 e. The van der Waals surface area contributed by atoms with Crippen molar-refractivity contribution in [1.29, 1.82) is 0 Å². The summed E-state index contributed by atoms with van der Waals surface area (Å²) in [6.45, 7) is 4.15. The van der Waals surface area contributed by atoms with E-state index in [9.17, 15) is 4.79 Å². The van der Waals surface area contributed by atoms with Crippen LogP contribution >= 0.6 is 24.0 Å². The first kappa shape index (κ1) is 16.0. The number of thiocarbonyl (C=S) groups is 1. The molecule has 2 aromatic rings. The van der Waals surface area contributed by atoms with Crippen molar-refractivity contribution >= 4 is 46.0 Å². The van der Waals surface area contributed by atoms with Crippen molar-refractivity contribution in [2.45, 2.75) is 20.3 Å². The summed E-state index contributed by atoms with van der Waals surface area (Å²) < 4.78 is 0.582. The van der Waals surface area contributed by atoms with E-state index in [4.69, 9.17) is 12.2 Å². The van der Waals surface area contributed by atoms with Crippen molar-refractivity contribution in [3.63, 3.8) is 0 Å². The second-order valence-electron chi connectivity index (χ2n) is 5.39. The molecule has 1 aliphatic heterocycles. The van der Waals surface area contributed by atoms with Crippen LogP contribution in [-0.2, 0) is 11.2 Å². The van der Waals surface area contributed by atoms with Crippen molar-refractivity contribution in [3.05, 3.63) is 70.1 Å². The first-order valence-corrected chi connectivity index (χ1v) is 8.75. The average Bonchev–Trinajstić information content (AvgIpc) is 2.84. The summed E-state index contributed by atoms with van der Waals surface area (Å²) in [5.74, 6) is -0.0486. The molecule has 1 saturated heterocycles. The van der Waals surface area contributed by atoms with Crippen LogP contribution in [0.3, 0.4) is 0 Å². The largest absolute Gasteiger partial charge is 0.270 e. The number of aryl methyl sites for hydroxylation is 2. The molecule has 4 heteroatoms. The predicted octanol–water partition coefficient (Wildman–Crippen LogP) is 4.96. The van der Waals surface area contributed by atoms with Gasteiger partial charge in [-0.1, -0.05) is 67.3 Å². The zero-order valence-electron chi connectivity index (χ0n) is 13.1. The van der Waals surface area contributed by atoms with Gasteiger partial charge in [0, 0.05) is 0 Å². The average molecular weight is 339 g/mol. The van der Waals surface area contributed by atoms with Gasteiger partial charge in [0.15, 0.2) is 4.32 Å². The predicted molar refractivity (Wildman–Crippen MR) is 103 cm³/mol. The number of hydrogen-bond donors (Lipinski definition) is 0. The highest BCUT2D eigenvalue weighted by Crippen LogP contribution is 2.36. The summed E-state index contributed by atoms with van der Waals surface area (Å²) in [5, 5.41) is 0. The number of carbonyl (C=O) groups excluding carboxylic acids is 1. The number of rotatable bonds is 3. The molecule has 0 spiro atoms. The van der Waals surface area contributed by atoms with Crippen LogP contribution < -0.4 is 4.90 Å². The van der Waals surface area contributed by atoms with E-state index in [1.807, 2.05) is 61.5 Å². The van der Waals surface area contributed by atoms with Crippen molar-refractivity contribution in [2.24, 2.45) is 0 Å². The lowest BCUT2D eigenvalue weighted by atomic mass is 10.1. The fraction of sp³-hybridized carbons (Fsp3) is 0.158. The van der Waals surface area contributed by atoms with Gasteiger partial charge in [0.25, 0.3) is 5.91 Å².